The van der Waals surface area contributed by atoms with Crippen LogP contribution in [0.3, 0.4) is 0 Å². The van der Waals surface area contributed by atoms with Crippen LogP contribution in [0.5, 0.6) is 0 Å². The Morgan fingerprint density at radius 2 is 1.81 bits per heavy atom. The van der Waals surface area contributed by atoms with Crippen molar-refractivity contribution in [2.75, 3.05) is 36.1 Å². The van der Waals surface area contributed by atoms with E-state index in [0.29, 0.717) is 30.2 Å². The molecule has 2 amide bonds. The molecule has 1 aliphatic rings. The van der Waals surface area contributed by atoms with Crippen molar-refractivity contribution in [3.63, 3.8) is 0 Å². The highest BCUT2D eigenvalue weighted by Gasteiger charge is 2.29. The minimum Gasteiger partial charge on any atom is -0.373 e. The summed E-state index contributed by atoms with van der Waals surface area (Å²) < 4.78 is 0. The maximum absolute atomic E-state index is 12.1. The predicted octanol–water partition coefficient (Wildman–Crippen LogP) is 1.71. The SMILES string of the molecule is CNc1cc(NCCNC(=O)c2ccc(NC(=O)C3CC3)cc2)ncn1. The topological polar surface area (TPSA) is 108 Å². The summed E-state index contributed by atoms with van der Waals surface area (Å²) in [6.07, 6.45) is 3.40. The molecule has 4 N–H and O–H groups in total. The van der Waals surface area contributed by atoms with Crippen LogP contribution in [0.2, 0.25) is 0 Å². The summed E-state index contributed by atoms with van der Waals surface area (Å²) in [4.78, 5) is 32.0. The van der Waals surface area contributed by atoms with Crippen LogP contribution in [-0.2, 0) is 4.79 Å². The molecule has 26 heavy (non-hydrogen) atoms. The summed E-state index contributed by atoms with van der Waals surface area (Å²) in [7, 11) is 1.79. The van der Waals surface area contributed by atoms with Crippen LogP contribution in [0.15, 0.2) is 36.7 Å². The first-order chi connectivity index (χ1) is 12.7. The second-order valence-electron chi connectivity index (χ2n) is 6.06. The minimum atomic E-state index is -0.162. The van der Waals surface area contributed by atoms with Gasteiger partial charge in [-0.25, -0.2) is 9.97 Å². The lowest BCUT2D eigenvalue weighted by molar-refractivity contribution is -0.117. The van der Waals surface area contributed by atoms with E-state index in [-0.39, 0.29) is 17.7 Å². The molecular formula is C18H22N6O2. The molecule has 0 bridgehead atoms. The maximum Gasteiger partial charge on any atom is 0.251 e. The van der Waals surface area contributed by atoms with Crippen LogP contribution in [0, 0.1) is 5.92 Å². The normalized spacial score (nSPS) is 13.0. The van der Waals surface area contributed by atoms with E-state index in [2.05, 4.69) is 31.2 Å². The zero-order chi connectivity index (χ0) is 18.4. The third-order valence-corrected chi connectivity index (χ3v) is 4.00. The minimum absolute atomic E-state index is 0.0550. The number of hydrogen-bond donors (Lipinski definition) is 4. The molecule has 8 heteroatoms. The Bertz CT molecular complexity index is 774. The summed E-state index contributed by atoms with van der Waals surface area (Å²) >= 11 is 0. The Morgan fingerprint density at radius 1 is 1.08 bits per heavy atom. The van der Waals surface area contributed by atoms with Crippen molar-refractivity contribution < 1.29 is 9.59 Å². The van der Waals surface area contributed by atoms with Gasteiger partial charge in [-0.15, -0.1) is 0 Å². The molecule has 8 nitrogen and oxygen atoms in total. The lowest BCUT2D eigenvalue weighted by Crippen LogP contribution is -2.28. The zero-order valence-electron chi connectivity index (χ0n) is 14.6. The van der Waals surface area contributed by atoms with Crippen molar-refractivity contribution in [3.8, 4) is 0 Å². The van der Waals surface area contributed by atoms with E-state index in [0.717, 1.165) is 18.7 Å². The first-order valence-corrected chi connectivity index (χ1v) is 8.58. The van der Waals surface area contributed by atoms with Gasteiger partial charge in [0.2, 0.25) is 5.91 Å². The van der Waals surface area contributed by atoms with Gasteiger partial charge >= 0.3 is 0 Å². The van der Waals surface area contributed by atoms with E-state index in [1.807, 2.05) is 0 Å². The van der Waals surface area contributed by atoms with Crippen LogP contribution < -0.4 is 21.3 Å². The van der Waals surface area contributed by atoms with E-state index >= 15 is 0 Å². The first-order valence-electron chi connectivity index (χ1n) is 8.58. The number of amides is 2. The molecule has 0 saturated heterocycles. The summed E-state index contributed by atoms with van der Waals surface area (Å²) in [6, 6.07) is 8.68. The number of aromatic nitrogens is 2. The van der Waals surface area contributed by atoms with E-state index in [1.165, 1.54) is 6.33 Å². The van der Waals surface area contributed by atoms with Crippen molar-refractivity contribution in [1.29, 1.82) is 0 Å². The van der Waals surface area contributed by atoms with Gasteiger partial charge in [0.1, 0.15) is 18.0 Å². The van der Waals surface area contributed by atoms with E-state index in [1.54, 1.807) is 37.4 Å². The second-order valence-corrected chi connectivity index (χ2v) is 6.06. The highest BCUT2D eigenvalue weighted by atomic mass is 16.2. The number of anilines is 3. The van der Waals surface area contributed by atoms with Crippen molar-refractivity contribution in [2.24, 2.45) is 5.92 Å². The number of carbonyl (C=O) groups excluding carboxylic acids is 2. The summed E-state index contributed by atoms with van der Waals surface area (Å²) in [6.45, 7) is 0.999. The lowest BCUT2D eigenvalue weighted by atomic mass is 10.2. The fraction of sp³-hybridized carbons (Fsp3) is 0.333. The van der Waals surface area contributed by atoms with Crippen molar-refractivity contribution in [3.05, 3.63) is 42.2 Å². The summed E-state index contributed by atoms with van der Waals surface area (Å²) in [5.74, 6) is 1.46. The molecule has 1 aliphatic carbocycles. The molecule has 3 rings (SSSR count). The average Bonchev–Trinajstić information content (AvgIpc) is 3.51. The third-order valence-electron chi connectivity index (χ3n) is 4.00. The van der Waals surface area contributed by atoms with Crippen molar-refractivity contribution in [1.82, 2.24) is 15.3 Å². The van der Waals surface area contributed by atoms with Crippen LogP contribution in [0.4, 0.5) is 17.3 Å². The Morgan fingerprint density at radius 3 is 2.50 bits per heavy atom. The van der Waals surface area contributed by atoms with Gasteiger partial charge in [0.05, 0.1) is 0 Å². The summed E-state index contributed by atoms with van der Waals surface area (Å²) in [5, 5.41) is 11.7. The van der Waals surface area contributed by atoms with Gasteiger partial charge < -0.3 is 21.3 Å². The zero-order valence-corrected chi connectivity index (χ0v) is 14.6. The Balaban J connectivity index is 1.42. The fourth-order valence-electron chi connectivity index (χ4n) is 2.35. The van der Waals surface area contributed by atoms with Gasteiger partial charge in [0, 0.05) is 43.4 Å². The highest BCUT2D eigenvalue weighted by molar-refractivity contribution is 5.96. The fourth-order valence-corrected chi connectivity index (χ4v) is 2.35. The van der Waals surface area contributed by atoms with Crippen molar-refractivity contribution in [2.45, 2.75) is 12.8 Å². The second kappa shape index (κ2) is 8.28. The molecule has 1 aromatic carbocycles. The van der Waals surface area contributed by atoms with Crippen LogP contribution in [-0.4, -0.2) is 41.9 Å². The van der Waals surface area contributed by atoms with Gasteiger partial charge in [-0.2, -0.15) is 0 Å². The number of nitrogens with zero attached hydrogens (tertiary/aromatic N) is 2. The third kappa shape index (κ3) is 4.92. The number of benzene rings is 1. The quantitative estimate of drug-likeness (QED) is 0.538. The Kier molecular flexibility index (Phi) is 5.62. The molecule has 0 spiro atoms. The molecule has 2 aromatic rings. The molecule has 1 saturated carbocycles. The molecule has 1 aromatic heterocycles. The molecule has 1 heterocycles. The first kappa shape index (κ1) is 17.7. The molecule has 1 fully saturated rings. The van der Waals surface area contributed by atoms with Crippen LogP contribution in [0.1, 0.15) is 23.2 Å². The maximum atomic E-state index is 12.1. The Hall–Kier alpha value is -3.16. The molecule has 0 atom stereocenters. The van der Waals surface area contributed by atoms with Gasteiger partial charge in [-0.3, -0.25) is 9.59 Å². The summed E-state index contributed by atoms with van der Waals surface area (Å²) in [5.41, 5.74) is 1.26. The highest BCUT2D eigenvalue weighted by Crippen LogP contribution is 2.30. The van der Waals surface area contributed by atoms with Crippen LogP contribution >= 0.6 is 0 Å². The molecule has 136 valence electrons. The largest absolute Gasteiger partial charge is 0.373 e. The van der Waals surface area contributed by atoms with Gasteiger partial charge in [0.15, 0.2) is 0 Å². The molecule has 0 unspecified atom stereocenters. The lowest BCUT2D eigenvalue weighted by Gasteiger charge is -2.09. The van der Waals surface area contributed by atoms with E-state index in [4.69, 9.17) is 0 Å². The monoisotopic (exact) mass is 354 g/mol. The number of rotatable bonds is 8. The standard InChI is InChI=1S/C18H22N6O2/c1-19-15-10-16(23-11-22-15)20-8-9-21-17(25)12-4-6-14(7-5-12)24-18(26)13-2-3-13/h4-7,10-11,13H,2-3,8-9H2,1H3,(H,21,25)(H,24,26)(H2,19,20,22,23). The van der Waals surface area contributed by atoms with E-state index in [9.17, 15) is 9.59 Å². The van der Waals surface area contributed by atoms with Crippen LogP contribution in [0.25, 0.3) is 0 Å². The molecular weight excluding hydrogens is 332 g/mol. The van der Waals surface area contributed by atoms with Gasteiger partial charge in [-0.1, -0.05) is 0 Å². The number of nitrogens with one attached hydrogen (secondary N) is 4. The molecule has 0 aliphatic heterocycles. The molecule has 0 radical (unpaired) electrons. The van der Waals surface area contributed by atoms with E-state index < -0.39 is 0 Å². The Labute approximate surface area is 151 Å². The van der Waals surface area contributed by atoms with Gasteiger partial charge in [0.25, 0.3) is 5.91 Å². The average molecular weight is 354 g/mol. The smallest absolute Gasteiger partial charge is 0.251 e. The van der Waals surface area contributed by atoms with Gasteiger partial charge in [-0.05, 0) is 37.1 Å². The number of carbonyl (C=O) groups is 2. The number of hydrogen-bond acceptors (Lipinski definition) is 6. The predicted molar refractivity (Wildman–Crippen MR) is 100 cm³/mol. The van der Waals surface area contributed by atoms with Crippen molar-refractivity contribution >= 4 is 29.1 Å².